The number of hydrogen-bond acceptors (Lipinski definition) is 3. The van der Waals surface area contributed by atoms with Gasteiger partial charge >= 0.3 is 5.97 Å². The summed E-state index contributed by atoms with van der Waals surface area (Å²) in [7, 11) is 0. The SMILES string of the molecule is O=C(O)C(F)CNS. The first-order chi connectivity index (χ1) is 3.68. The van der Waals surface area contributed by atoms with Crippen LogP contribution in [0.3, 0.4) is 0 Å². The van der Waals surface area contributed by atoms with Crippen molar-refractivity contribution in [3.63, 3.8) is 0 Å². The van der Waals surface area contributed by atoms with E-state index in [1.807, 2.05) is 0 Å². The van der Waals surface area contributed by atoms with E-state index in [2.05, 4.69) is 17.5 Å². The van der Waals surface area contributed by atoms with E-state index in [4.69, 9.17) is 5.11 Å². The Morgan fingerprint density at radius 2 is 2.50 bits per heavy atom. The third kappa shape index (κ3) is 2.81. The van der Waals surface area contributed by atoms with E-state index in [0.717, 1.165) is 0 Å². The number of halogens is 1. The number of thiol groups is 1. The van der Waals surface area contributed by atoms with Crippen LogP contribution in [0.15, 0.2) is 0 Å². The Morgan fingerprint density at radius 1 is 2.00 bits per heavy atom. The highest BCUT2D eigenvalue weighted by molar-refractivity contribution is 7.78. The fourth-order valence-electron chi connectivity index (χ4n) is 0.167. The molecule has 3 nitrogen and oxygen atoms in total. The lowest BCUT2D eigenvalue weighted by Crippen LogP contribution is -2.24. The quantitative estimate of drug-likeness (QED) is 0.476. The summed E-state index contributed by atoms with van der Waals surface area (Å²) in [6.45, 7) is -0.265. The molecule has 48 valence electrons. The minimum Gasteiger partial charge on any atom is -0.479 e. The highest BCUT2D eigenvalue weighted by atomic mass is 32.1. The second kappa shape index (κ2) is 3.68. The summed E-state index contributed by atoms with van der Waals surface area (Å²) in [5.74, 6) is -1.47. The molecule has 0 spiro atoms. The predicted octanol–water partition coefficient (Wildman–Crippen LogP) is -0.157. The Bertz CT molecular complexity index is 89.4. The number of nitrogens with one attached hydrogen (secondary N) is 1. The van der Waals surface area contributed by atoms with E-state index in [-0.39, 0.29) is 6.54 Å². The molecular weight excluding hydrogens is 133 g/mol. The zero-order valence-corrected chi connectivity index (χ0v) is 4.86. The summed E-state index contributed by atoms with van der Waals surface area (Å²) in [5, 5.41) is 7.86. The molecule has 8 heavy (non-hydrogen) atoms. The van der Waals surface area contributed by atoms with Crippen molar-refractivity contribution in [1.29, 1.82) is 0 Å². The molecule has 0 aliphatic rings. The van der Waals surface area contributed by atoms with Gasteiger partial charge in [0.1, 0.15) is 0 Å². The van der Waals surface area contributed by atoms with E-state index in [1.54, 1.807) is 0 Å². The number of rotatable bonds is 3. The van der Waals surface area contributed by atoms with Gasteiger partial charge in [0.2, 0.25) is 6.17 Å². The Labute approximate surface area is 51.4 Å². The van der Waals surface area contributed by atoms with Gasteiger partial charge in [-0.1, -0.05) is 12.8 Å². The molecule has 1 atom stereocenters. The van der Waals surface area contributed by atoms with Gasteiger partial charge < -0.3 is 5.11 Å². The van der Waals surface area contributed by atoms with Crippen LogP contribution in [0.5, 0.6) is 0 Å². The lowest BCUT2D eigenvalue weighted by Gasteiger charge is -1.97. The first-order valence-electron chi connectivity index (χ1n) is 1.92. The van der Waals surface area contributed by atoms with Gasteiger partial charge in [0.25, 0.3) is 0 Å². The monoisotopic (exact) mass is 139 g/mol. The van der Waals surface area contributed by atoms with E-state index in [0.29, 0.717) is 0 Å². The topological polar surface area (TPSA) is 49.3 Å². The van der Waals surface area contributed by atoms with Crippen molar-refractivity contribution in [2.75, 3.05) is 6.54 Å². The molecule has 0 saturated heterocycles. The van der Waals surface area contributed by atoms with Crippen molar-refractivity contribution in [3.05, 3.63) is 0 Å². The molecule has 0 radical (unpaired) electrons. The summed E-state index contributed by atoms with van der Waals surface area (Å²) < 4.78 is 13.9. The zero-order chi connectivity index (χ0) is 6.57. The summed E-state index contributed by atoms with van der Waals surface area (Å²) in [4.78, 5) is 9.64. The average molecular weight is 139 g/mol. The Hall–Kier alpha value is -0.290. The van der Waals surface area contributed by atoms with Crippen LogP contribution in [0.4, 0.5) is 4.39 Å². The predicted molar refractivity (Wildman–Crippen MR) is 29.5 cm³/mol. The molecule has 0 heterocycles. The standard InChI is InChI=1S/C3H6FNO2S/c4-2(1-5-8)3(6)7/h2,5,8H,1H2,(H,6,7). The minimum atomic E-state index is -1.85. The molecule has 5 heteroatoms. The first-order valence-corrected chi connectivity index (χ1v) is 2.37. The molecule has 2 N–H and O–H groups in total. The van der Waals surface area contributed by atoms with Crippen molar-refractivity contribution >= 4 is 18.8 Å². The molecule has 0 aromatic rings. The molecular formula is C3H6FNO2S. The van der Waals surface area contributed by atoms with Gasteiger partial charge in [-0.2, -0.15) is 0 Å². The van der Waals surface area contributed by atoms with Crippen LogP contribution >= 0.6 is 12.8 Å². The van der Waals surface area contributed by atoms with Gasteiger partial charge in [-0.15, -0.1) is 0 Å². The van der Waals surface area contributed by atoms with E-state index in [1.165, 1.54) is 0 Å². The molecule has 0 fully saturated rings. The Balaban J connectivity index is 3.32. The fraction of sp³-hybridized carbons (Fsp3) is 0.667. The summed E-state index contributed by atoms with van der Waals surface area (Å²) in [6, 6.07) is 0. The molecule has 0 rings (SSSR count). The third-order valence-corrected chi connectivity index (χ3v) is 0.721. The average Bonchev–Trinajstić information content (AvgIpc) is 1.67. The number of carboxylic acid groups (broad SMARTS) is 1. The maximum atomic E-state index is 11.8. The third-order valence-electron chi connectivity index (χ3n) is 0.538. The highest BCUT2D eigenvalue weighted by Gasteiger charge is 2.12. The molecule has 0 aliphatic heterocycles. The van der Waals surface area contributed by atoms with Crippen LogP contribution in [0.2, 0.25) is 0 Å². The normalized spacial score (nSPS) is 13.2. The lowest BCUT2D eigenvalue weighted by atomic mass is 10.4. The maximum absolute atomic E-state index is 11.8. The van der Waals surface area contributed by atoms with Crippen molar-refractivity contribution in [3.8, 4) is 0 Å². The Kier molecular flexibility index (Phi) is 3.55. The molecule has 1 unspecified atom stereocenters. The molecule has 0 amide bonds. The van der Waals surface area contributed by atoms with Crippen LogP contribution < -0.4 is 4.72 Å². The van der Waals surface area contributed by atoms with Crippen molar-refractivity contribution in [2.24, 2.45) is 0 Å². The van der Waals surface area contributed by atoms with Gasteiger partial charge in [0, 0.05) is 6.54 Å². The van der Waals surface area contributed by atoms with Gasteiger partial charge in [-0.05, 0) is 0 Å². The fourth-order valence-corrected chi connectivity index (χ4v) is 0.328. The number of aliphatic carboxylic acids is 1. The van der Waals surface area contributed by atoms with Crippen LogP contribution in [-0.4, -0.2) is 23.8 Å². The van der Waals surface area contributed by atoms with Crippen LogP contribution in [0.1, 0.15) is 0 Å². The summed E-state index contributed by atoms with van der Waals surface area (Å²) in [6.07, 6.45) is -1.85. The van der Waals surface area contributed by atoms with Gasteiger partial charge in [0.15, 0.2) is 0 Å². The van der Waals surface area contributed by atoms with E-state index >= 15 is 0 Å². The highest BCUT2D eigenvalue weighted by Crippen LogP contribution is 1.86. The van der Waals surface area contributed by atoms with Crippen LogP contribution in [0, 0.1) is 0 Å². The van der Waals surface area contributed by atoms with Crippen LogP contribution in [0.25, 0.3) is 0 Å². The zero-order valence-electron chi connectivity index (χ0n) is 3.97. The van der Waals surface area contributed by atoms with Crippen molar-refractivity contribution in [2.45, 2.75) is 6.17 Å². The molecule has 0 bridgehead atoms. The maximum Gasteiger partial charge on any atom is 0.339 e. The van der Waals surface area contributed by atoms with E-state index in [9.17, 15) is 9.18 Å². The lowest BCUT2D eigenvalue weighted by molar-refractivity contribution is -0.142. The smallest absolute Gasteiger partial charge is 0.339 e. The molecule has 0 aliphatic carbocycles. The number of hydrogen-bond donors (Lipinski definition) is 3. The summed E-state index contributed by atoms with van der Waals surface area (Å²) >= 11 is 3.40. The first kappa shape index (κ1) is 7.71. The second-order valence-corrected chi connectivity index (χ2v) is 1.48. The Morgan fingerprint density at radius 3 is 2.62 bits per heavy atom. The molecule has 0 aromatic carbocycles. The summed E-state index contributed by atoms with van der Waals surface area (Å²) in [5.41, 5.74) is 0. The number of carbonyl (C=O) groups is 1. The molecule has 0 saturated carbocycles. The van der Waals surface area contributed by atoms with Gasteiger partial charge in [0.05, 0.1) is 0 Å². The van der Waals surface area contributed by atoms with Gasteiger partial charge in [-0.25, -0.2) is 9.18 Å². The number of carboxylic acids is 1. The van der Waals surface area contributed by atoms with Gasteiger partial charge in [-0.3, -0.25) is 4.72 Å². The van der Waals surface area contributed by atoms with E-state index < -0.39 is 12.1 Å². The van der Waals surface area contributed by atoms with Crippen molar-refractivity contribution < 1.29 is 14.3 Å². The largest absolute Gasteiger partial charge is 0.479 e. The van der Waals surface area contributed by atoms with Crippen LogP contribution in [-0.2, 0) is 4.79 Å². The minimum absolute atomic E-state index is 0.265. The number of alkyl halides is 1. The molecule has 0 aromatic heterocycles. The second-order valence-electron chi connectivity index (χ2n) is 1.17. The van der Waals surface area contributed by atoms with Crippen molar-refractivity contribution in [1.82, 2.24) is 4.72 Å².